The van der Waals surface area contributed by atoms with E-state index in [4.69, 9.17) is 0 Å². The van der Waals surface area contributed by atoms with Crippen molar-refractivity contribution in [3.63, 3.8) is 0 Å². The maximum Gasteiger partial charge on any atom is 0.230 e. The standard InChI is InChI=1S/C16H19N3OS/c1-11-3-6-14(9-12(11)2)19-8-7-17-16(19)21-10-15(20)18-13-4-5-13/h3,6-9,13H,4-5,10H2,1-2H3,(H,18,20). The van der Waals surface area contributed by atoms with Crippen LogP contribution in [0.2, 0.25) is 0 Å². The van der Waals surface area contributed by atoms with Crippen molar-refractivity contribution in [2.24, 2.45) is 0 Å². The second-order valence-corrected chi connectivity index (χ2v) is 6.42. The van der Waals surface area contributed by atoms with Gasteiger partial charge in [-0.05, 0) is 49.9 Å². The third-order valence-electron chi connectivity index (χ3n) is 3.65. The summed E-state index contributed by atoms with van der Waals surface area (Å²) in [5.74, 6) is 0.510. The highest BCUT2D eigenvalue weighted by molar-refractivity contribution is 7.99. The fraction of sp³-hybridized carbons (Fsp3) is 0.375. The van der Waals surface area contributed by atoms with Crippen molar-refractivity contribution >= 4 is 17.7 Å². The zero-order valence-corrected chi connectivity index (χ0v) is 13.1. The van der Waals surface area contributed by atoms with E-state index in [9.17, 15) is 4.79 Å². The van der Waals surface area contributed by atoms with Gasteiger partial charge in [0.2, 0.25) is 5.91 Å². The molecule has 110 valence electrons. The molecule has 1 aliphatic carbocycles. The number of aryl methyl sites for hydroxylation is 2. The average molecular weight is 301 g/mol. The van der Waals surface area contributed by atoms with Gasteiger partial charge in [-0.2, -0.15) is 0 Å². The molecule has 4 nitrogen and oxygen atoms in total. The molecule has 0 bridgehead atoms. The number of imidazole rings is 1. The fourth-order valence-corrected chi connectivity index (χ4v) is 2.88. The van der Waals surface area contributed by atoms with Crippen LogP contribution in [0.4, 0.5) is 0 Å². The average Bonchev–Trinajstić information content (AvgIpc) is 3.14. The molecule has 1 N–H and O–H groups in total. The molecule has 1 heterocycles. The van der Waals surface area contributed by atoms with Gasteiger partial charge in [-0.15, -0.1) is 0 Å². The number of hydrogen-bond acceptors (Lipinski definition) is 3. The highest BCUT2D eigenvalue weighted by Crippen LogP contribution is 2.23. The summed E-state index contributed by atoms with van der Waals surface area (Å²) in [5.41, 5.74) is 3.61. The Morgan fingerprint density at radius 1 is 1.38 bits per heavy atom. The van der Waals surface area contributed by atoms with E-state index in [1.54, 1.807) is 6.20 Å². The minimum absolute atomic E-state index is 0.0946. The lowest BCUT2D eigenvalue weighted by molar-refractivity contribution is -0.118. The molecule has 0 aliphatic heterocycles. The lowest BCUT2D eigenvalue weighted by Crippen LogP contribution is -2.27. The van der Waals surface area contributed by atoms with Gasteiger partial charge in [-0.3, -0.25) is 9.36 Å². The predicted octanol–water partition coefficient (Wildman–Crippen LogP) is 2.86. The van der Waals surface area contributed by atoms with Crippen LogP contribution in [0.25, 0.3) is 5.69 Å². The predicted molar refractivity (Wildman–Crippen MR) is 84.9 cm³/mol. The lowest BCUT2D eigenvalue weighted by atomic mass is 10.1. The molecule has 5 heteroatoms. The number of carbonyl (C=O) groups is 1. The minimum Gasteiger partial charge on any atom is -0.353 e. The highest BCUT2D eigenvalue weighted by atomic mass is 32.2. The molecule has 1 aromatic carbocycles. The van der Waals surface area contributed by atoms with Gasteiger partial charge in [-0.25, -0.2) is 4.98 Å². The third-order valence-corrected chi connectivity index (χ3v) is 4.62. The first-order chi connectivity index (χ1) is 10.1. The maximum atomic E-state index is 11.8. The first-order valence-electron chi connectivity index (χ1n) is 7.16. The van der Waals surface area contributed by atoms with Gasteiger partial charge < -0.3 is 5.32 Å². The van der Waals surface area contributed by atoms with Crippen molar-refractivity contribution in [2.45, 2.75) is 37.9 Å². The maximum absolute atomic E-state index is 11.8. The first kappa shape index (κ1) is 14.2. The van der Waals surface area contributed by atoms with E-state index in [1.807, 2.05) is 10.8 Å². The Morgan fingerprint density at radius 2 is 2.19 bits per heavy atom. The normalized spacial score (nSPS) is 14.2. The smallest absolute Gasteiger partial charge is 0.230 e. The zero-order chi connectivity index (χ0) is 14.8. The van der Waals surface area contributed by atoms with Crippen LogP contribution in [0.1, 0.15) is 24.0 Å². The van der Waals surface area contributed by atoms with Crippen LogP contribution < -0.4 is 5.32 Å². The molecule has 0 unspecified atom stereocenters. The zero-order valence-electron chi connectivity index (χ0n) is 12.3. The van der Waals surface area contributed by atoms with E-state index in [-0.39, 0.29) is 5.91 Å². The number of amides is 1. The van der Waals surface area contributed by atoms with Crippen molar-refractivity contribution in [1.82, 2.24) is 14.9 Å². The topological polar surface area (TPSA) is 46.9 Å². The van der Waals surface area contributed by atoms with Crippen LogP contribution >= 0.6 is 11.8 Å². The molecule has 0 radical (unpaired) electrons. The fourth-order valence-electron chi connectivity index (χ4n) is 2.10. The molecular weight excluding hydrogens is 282 g/mol. The number of rotatable bonds is 5. The van der Waals surface area contributed by atoms with E-state index >= 15 is 0 Å². The molecule has 1 aliphatic rings. The largest absolute Gasteiger partial charge is 0.353 e. The van der Waals surface area contributed by atoms with Crippen LogP contribution in [0.15, 0.2) is 35.7 Å². The Kier molecular flexibility index (Phi) is 4.01. The molecule has 1 aromatic heterocycles. The van der Waals surface area contributed by atoms with Crippen molar-refractivity contribution in [1.29, 1.82) is 0 Å². The van der Waals surface area contributed by atoms with E-state index in [0.29, 0.717) is 11.8 Å². The summed E-state index contributed by atoms with van der Waals surface area (Å²) in [6, 6.07) is 6.75. The molecule has 1 fully saturated rings. The number of aromatic nitrogens is 2. The van der Waals surface area contributed by atoms with Crippen LogP contribution in [-0.4, -0.2) is 27.3 Å². The van der Waals surface area contributed by atoms with E-state index in [0.717, 1.165) is 23.7 Å². The Balaban J connectivity index is 1.70. The number of carbonyl (C=O) groups excluding carboxylic acids is 1. The van der Waals surface area contributed by atoms with Crippen molar-refractivity contribution in [2.75, 3.05) is 5.75 Å². The first-order valence-corrected chi connectivity index (χ1v) is 8.15. The molecule has 21 heavy (non-hydrogen) atoms. The molecule has 2 aromatic rings. The minimum atomic E-state index is 0.0946. The van der Waals surface area contributed by atoms with Crippen LogP contribution in [0.3, 0.4) is 0 Å². The summed E-state index contributed by atoms with van der Waals surface area (Å²) < 4.78 is 2.03. The van der Waals surface area contributed by atoms with Gasteiger partial charge in [0.05, 0.1) is 5.75 Å². The molecule has 0 saturated heterocycles. The van der Waals surface area contributed by atoms with Crippen LogP contribution in [-0.2, 0) is 4.79 Å². The summed E-state index contributed by atoms with van der Waals surface area (Å²) in [6.07, 6.45) is 5.95. The van der Waals surface area contributed by atoms with Gasteiger partial charge in [-0.1, -0.05) is 17.8 Å². The Morgan fingerprint density at radius 3 is 2.90 bits per heavy atom. The lowest BCUT2D eigenvalue weighted by Gasteiger charge is -2.09. The van der Waals surface area contributed by atoms with Crippen LogP contribution in [0.5, 0.6) is 0 Å². The van der Waals surface area contributed by atoms with Gasteiger partial charge in [0.15, 0.2) is 5.16 Å². The third kappa shape index (κ3) is 3.47. The Hall–Kier alpha value is -1.75. The molecule has 3 rings (SSSR count). The Labute approximate surface area is 129 Å². The number of nitrogens with one attached hydrogen (secondary N) is 1. The highest BCUT2D eigenvalue weighted by Gasteiger charge is 2.23. The van der Waals surface area contributed by atoms with Gasteiger partial charge in [0.1, 0.15) is 0 Å². The SMILES string of the molecule is Cc1ccc(-n2ccnc2SCC(=O)NC2CC2)cc1C. The van der Waals surface area contributed by atoms with Gasteiger partial charge in [0.25, 0.3) is 0 Å². The van der Waals surface area contributed by atoms with Gasteiger partial charge in [0, 0.05) is 24.1 Å². The number of thioether (sulfide) groups is 1. The van der Waals surface area contributed by atoms with E-state index in [2.05, 4.69) is 42.3 Å². The summed E-state index contributed by atoms with van der Waals surface area (Å²) in [5, 5.41) is 3.85. The summed E-state index contributed by atoms with van der Waals surface area (Å²) in [6.45, 7) is 4.20. The Bertz CT molecular complexity index is 661. The van der Waals surface area contributed by atoms with Crippen molar-refractivity contribution in [3.8, 4) is 5.69 Å². The van der Waals surface area contributed by atoms with E-state index < -0.39 is 0 Å². The molecule has 1 amide bonds. The number of benzene rings is 1. The molecular formula is C16H19N3OS. The second kappa shape index (κ2) is 5.93. The second-order valence-electron chi connectivity index (χ2n) is 5.48. The number of nitrogens with zero attached hydrogens (tertiary/aromatic N) is 2. The summed E-state index contributed by atoms with van der Waals surface area (Å²) >= 11 is 1.48. The van der Waals surface area contributed by atoms with E-state index in [1.165, 1.54) is 22.9 Å². The molecule has 0 spiro atoms. The van der Waals surface area contributed by atoms with Gasteiger partial charge >= 0.3 is 0 Å². The van der Waals surface area contributed by atoms with Crippen molar-refractivity contribution in [3.05, 3.63) is 41.7 Å². The van der Waals surface area contributed by atoms with Crippen LogP contribution in [0, 0.1) is 13.8 Å². The molecule has 1 saturated carbocycles. The summed E-state index contributed by atoms with van der Waals surface area (Å²) in [7, 11) is 0. The van der Waals surface area contributed by atoms with Crippen molar-refractivity contribution < 1.29 is 4.79 Å². The summed E-state index contributed by atoms with van der Waals surface area (Å²) in [4.78, 5) is 16.1. The molecule has 0 atom stereocenters. The quantitative estimate of drug-likeness (QED) is 0.864. The number of hydrogen-bond donors (Lipinski definition) is 1. The monoisotopic (exact) mass is 301 g/mol.